The summed E-state index contributed by atoms with van der Waals surface area (Å²) in [5.74, 6) is 0.879. The number of hydrogen-bond donors (Lipinski definition) is 2. The van der Waals surface area contributed by atoms with Gasteiger partial charge in [0.15, 0.2) is 6.29 Å². The van der Waals surface area contributed by atoms with Crippen molar-refractivity contribution in [3.05, 3.63) is 12.2 Å². The zero-order valence-electron chi connectivity index (χ0n) is 8.49. The van der Waals surface area contributed by atoms with Crippen LogP contribution in [-0.2, 0) is 15.9 Å². The largest absolute Gasteiger partial charge is 0.355 e. The first kappa shape index (κ1) is 11.1. The Bertz CT molecular complexity index is 223. The SMILES string of the molecule is COC(CNCCc1ncn[nH]1)OC. The molecule has 0 amide bonds. The van der Waals surface area contributed by atoms with Crippen LogP contribution in [0.15, 0.2) is 6.33 Å². The van der Waals surface area contributed by atoms with E-state index in [2.05, 4.69) is 20.5 Å². The molecular weight excluding hydrogens is 184 g/mol. The van der Waals surface area contributed by atoms with E-state index in [1.807, 2.05) is 0 Å². The van der Waals surface area contributed by atoms with E-state index in [4.69, 9.17) is 9.47 Å². The Hall–Kier alpha value is -0.980. The van der Waals surface area contributed by atoms with Gasteiger partial charge in [-0.25, -0.2) is 4.98 Å². The molecule has 0 aliphatic carbocycles. The summed E-state index contributed by atoms with van der Waals surface area (Å²) in [5.41, 5.74) is 0. The Balaban J connectivity index is 2.04. The van der Waals surface area contributed by atoms with Crippen LogP contribution in [0.5, 0.6) is 0 Å². The number of nitrogens with one attached hydrogen (secondary N) is 2. The van der Waals surface area contributed by atoms with Crippen LogP contribution in [0.3, 0.4) is 0 Å². The zero-order valence-corrected chi connectivity index (χ0v) is 8.49. The zero-order chi connectivity index (χ0) is 10.2. The van der Waals surface area contributed by atoms with Crippen LogP contribution < -0.4 is 5.32 Å². The van der Waals surface area contributed by atoms with Crippen molar-refractivity contribution in [2.24, 2.45) is 0 Å². The molecule has 1 aromatic heterocycles. The summed E-state index contributed by atoms with van der Waals surface area (Å²) >= 11 is 0. The second-order valence-corrected chi connectivity index (χ2v) is 2.79. The highest BCUT2D eigenvalue weighted by Crippen LogP contribution is 1.89. The van der Waals surface area contributed by atoms with Crippen molar-refractivity contribution in [1.82, 2.24) is 20.5 Å². The van der Waals surface area contributed by atoms with Gasteiger partial charge in [-0.3, -0.25) is 5.10 Å². The van der Waals surface area contributed by atoms with Gasteiger partial charge in [0, 0.05) is 33.7 Å². The lowest BCUT2D eigenvalue weighted by Crippen LogP contribution is -2.31. The smallest absolute Gasteiger partial charge is 0.169 e. The molecule has 1 aromatic rings. The molecule has 0 aliphatic rings. The van der Waals surface area contributed by atoms with Gasteiger partial charge in [-0.05, 0) is 0 Å². The van der Waals surface area contributed by atoms with Gasteiger partial charge in [0.2, 0.25) is 0 Å². The van der Waals surface area contributed by atoms with Crippen molar-refractivity contribution in [3.8, 4) is 0 Å². The van der Waals surface area contributed by atoms with Gasteiger partial charge >= 0.3 is 0 Å². The van der Waals surface area contributed by atoms with E-state index in [1.165, 1.54) is 6.33 Å². The molecule has 0 unspecified atom stereocenters. The first-order valence-corrected chi connectivity index (χ1v) is 4.47. The van der Waals surface area contributed by atoms with Crippen molar-refractivity contribution < 1.29 is 9.47 Å². The normalized spacial score (nSPS) is 11.1. The monoisotopic (exact) mass is 200 g/mol. The molecule has 0 saturated heterocycles. The molecule has 0 spiro atoms. The van der Waals surface area contributed by atoms with Crippen molar-refractivity contribution in [1.29, 1.82) is 0 Å². The van der Waals surface area contributed by atoms with Gasteiger partial charge in [-0.1, -0.05) is 0 Å². The molecule has 0 radical (unpaired) electrons. The van der Waals surface area contributed by atoms with E-state index in [1.54, 1.807) is 14.2 Å². The summed E-state index contributed by atoms with van der Waals surface area (Å²) in [4.78, 5) is 4.00. The molecule has 1 rings (SSSR count). The summed E-state index contributed by atoms with van der Waals surface area (Å²) < 4.78 is 10.0. The van der Waals surface area contributed by atoms with Gasteiger partial charge in [0.1, 0.15) is 12.2 Å². The number of ether oxygens (including phenoxy) is 2. The van der Waals surface area contributed by atoms with Crippen LogP contribution in [0.1, 0.15) is 5.82 Å². The van der Waals surface area contributed by atoms with Crippen molar-refractivity contribution in [3.63, 3.8) is 0 Å². The Morgan fingerprint density at radius 1 is 1.50 bits per heavy atom. The van der Waals surface area contributed by atoms with Gasteiger partial charge in [0.25, 0.3) is 0 Å². The fraction of sp³-hybridized carbons (Fsp3) is 0.750. The number of methoxy groups -OCH3 is 2. The number of aromatic amines is 1. The molecule has 6 nitrogen and oxygen atoms in total. The Kier molecular flexibility index (Phi) is 5.13. The summed E-state index contributed by atoms with van der Waals surface area (Å²) in [6.07, 6.45) is 2.13. The fourth-order valence-electron chi connectivity index (χ4n) is 1.04. The average molecular weight is 200 g/mol. The topological polar surface area (TPSA) is 72.1 Å². The van der Waals surface area contributed by atoms with Crippen molar-refractivity contribution in [2.75, 3.05) is 27.3 Å². The molecule has 14 heavy (non-hydrogen) atoms. The van der Waals surface area contributed by atoms with Crippen LogP contribution in [0, 0.1) is 0 Å². The summed E-state index contributed by atoms with van der Waals surface area (Å²) in [6, 6.07) is 0. The van der Waals surface area contributed by atoms with E-state index >= 15 is 0 Å². The van der Waals surface area contributed by atoms with Gasteiger partial charge in [0.05, 0.1) is 0 Å². The molecule has 0 bridgehead atoms. The maximum Gasteiger partial charge on any atom is 0.169 e. The molecule has 0 saturated carbocycles. The Morgan fingerprint density at radius 2 is 2.29 bits per heavy atom. The number of rotatable bonds is 7. The van der Waals surface area contributed by atoms with Crippen LogP contribution in [0.2, 0.25) is 0 Å². The van der Waals surface area contributed by atoms with E-state index < -0.39 is 0 Å². The third kappa shape index (κ3) is 3.82. The lowest BCUT2D eigenvalue weighted by Gasteiger charge is -2.13. The van der Waals surface area contributed by atoms with E-state index in [0.29, 0.717) is 6.54 Å². The minimum atomic E-state index is -0.190. The number of nitrogens with zero attached hydrogens (tertiary/aromatic N) is 2. The first-order valence-electron chi connectivity index (χ1n) is 4.47. The quantitative estimate of drug-likeness (QED) is 0.461. The minimum Gasteiger partial charge on any atom is -0.355 e. The average Bonchev–Trinajstić information content (AvgIpc) is 2.71. The molecule has 0 aliphatic heterocycles. The maximum absolute atomic E-state index is 5.02. The third-order valence-corrected chi connectivity index (χ3v) is 1.84. The van der Waals surface area contributed by atoms with E-state index in [0.717, 1.165) is 18.8 Å². The molecule has 2 N–H and O–H groups in total. The number of H-pyrrole nitrogens is 1. The highest BCUT2D eigenvalue weighted by molar-refractivity contribution is 4.80. The van der Waals surface area contributed by atoms with Crippen LogP contribution in [0.4, 0.5) is 0 Å². The lowest BCUT2D eigenvalue weighted by atomic mass is 10.4. The minimum absolute atomic E-state index is 0.190. The second kappa shape index (κ2) is 6.47. The standard InChI is InChI=1S/C8H16N4O2/c1-13-8(14-2)5-9-4-3-7-10-6-11-12-7/h6,8-9H,3-5H2,1-2H3,(H,10,11,12). The van der Waals surface area contributed by atoms with Crippen LogP contribution in [-0.4, -0.2) is 48.8 Å². The van der Waals surface area contributed by atoms with Crippen molar-refractivity contribution >= 4 is 0 Å². The van der Waals surface area contributed by atoms with Crippen LogP contribution >= 0.6 is 0 Å². The lowest BCUT2D eigenvalue weighted by molar-refractivity contribution is -0.0986. The fourth-order valence-corrected chi connectivity index (χ4v) is 1.04. The Morgan fingerprint density at radius 3 is 2.86 bits per heavy atom. The molecule has 0 aromatic carbocycles. The first-order chi connectivity index (χ1) is 6.86. The van der Waals surface area contributed by atoms with Gasteiger partial charge in [-0.15, -0.1) is 0 Å². The van der Waals surface area contributed by atoms with E-state index in [9.17, 15) is 0 Å². The molecule has 0 atom stereocenters. The van der Waals surface area contributed by atoms with Crippen molar-refractivity contribution in [2.45, 2.75) is 12.7 Å². The predicted octanol–water partition coefficient (Wildman–Crippen LogP) is -0.444. The summed E-state index contributed by atoms with van der Waals surface area (Å²) in [7, 11) is 3.23. The van der Waals surface area contributed by atoms with Crippen LogP contribution in [0.25, 0.3) is 0 Å². The molecule has 1 heterocycles. The Labute approximate surface area is 83.0 Å². The summed E-state index contributed by atoms with van der Waals surface area (Å²) in [5, 5.41) is 9.73. The number of aromatic nitrogens is 3. The highest BCUT2D eigenvalue weighted by Gasteiger charge is 2.03. The summed E-state index contributed by atoms with van der Waals surface area (Å²) in [6.45, 7) is 1.49. The molecule has 80 valence electrons. The van der Waals surface area contributed by atoms with E-state index in [-0.39, 0.29) is 6.29 Å². The van der Waals surface area contributed by atoms with Gasteiger partial charge in [-0.2, -0.15) is 5.10 Å². The second-order valence-electron chi connectivity index (χ2n) is 2.79. The van der Waals surface area contributed by atoms with Gasteiger partial charge < -0.3 is 14.8 Å². The predicted molar refractivity (Wildman–Crippen MR) is 50.8 cm³/mol. The molecule has 0 fully saturated rings. The maximum atomic E-state index is 5.02. The molecular formula is C8H16N4O2. The third-order valence-electron chi connectivity index (χ3n) is 1.84. The number of hydrogen-bond acceptors (Lipinski definition) is 5. The highest BCUT2D eigenvalue weighted by atomic mass is 16.7. The molecule has 6 heteroatoms.